The molecule has 1 amide bonds. The van der Waals surface area contributed by atoms with Crippen LogP contribution in [-0.2, 0) is 4.74 Å². The minimum absolute atomic E-state index is 0.207. The third kappa shape index (κ3) is 5.50. The number of rotatable bonds is 5. The standard InChI is InChI=1S/C20H25NO4/c1-20(2,3)25-19(23)21-18(13-22)16-7-5-14(6-8-16)15-9-11-17(24-4)12-10-15/h5-12,18,22H,13H2,1-4H3,(H,21,23)/t18-/m0/s1. The molecule has 0 radical (unpaired) electrons. The lowest BCUT2D eigenvalue weighted by atomic mass is 10.0. The summed E-state index contributed by atoms with van der Waals surface area (Å²) in [5, 5.41) is 12.3. The maximum absolute atomic E-state index is 11.9. The van der Waals surface area contributed by atoms with Gasteiger partial charge < -0.3 is 19.9 Å². The quantitative estimate of drug-likeness (QED) is 0.863. The second kappa shape index (κ2) is 8.03. The molecule has 2 N–H and O–H groups in total. The minimum atomic E-state index is -0.581. The van der Waals surface area contributed by atoms with Crippen molar-refractivity contribution in [1.29, 1.82) is 0 Å². The predicted octanol–water partition coefficient (Wildman–Crippen LogP) is 3.92. The van der Waals surface area contributed by atoms with Crippen LogP contribution in [0.2, 0.25) is 0 Å². The second-order valence-corrected chi connectivity index (χ2v) is 6.73. The first-order valence-electron chi connectivity index (χ1n) is 8.17. The van der Waals surface area contributed by atoms with Gasteiger partial charge >= 0.3 is 6.09 Å². The van der Waals surface area contributed by atoms with E-state index >= 15 is 0 Å². The van der Waals surface area contributed by atoms with Crippen LogP contribution in [0.15, 0.2) is 48.5 Å². The molecule has 0 heterocycles. The number of aliphatic hydroxyl groups excluding tert-OH is 1. The largest absolute Gasteiger partial charge is 0.497 e. The molecule has 2 aromatic carbocycles. The van der Waals surface area contributed by atoms with Crippen molar-refractivity contribution in [1.82, 2.24) is 5.32 Å². The fourth-order valence-electron chi connectivity index (χ4n) is 2.38. The molecule has 2 aromatic rings. The van der Waals surface area contributed by atoms with Crippen LogP contribution < -0.4 is 10.1 Å². The first-order valence-corrected chi connectivity index (χ1v) is 8.17. The van der Waals surface area contributed by atoms with E-state index in [1.165, 1.54) is 0 Å². The summed E-state index contributed by atoms with van der Waals surface area (Å²) in [5.74, 6) is 0.808. The van der Waals surface area contributed by atoms with Gasteiger partial charge in [-0.15, -0.1) is 0 Å². The second-order valence-electron chi connectivity index (χ2n) is 6.73. The lowest BCUT2D eigenvalue weighted by Crippen LogP contribution is -2.36. The number of carbonyl (C=O) groups is 1. The third-order valence-corrected chi connectivity index (χ3v) is 3.61. The summed E-state index contributed by atoms with van der Waals surface area (Å²) in [6.07, 6.45) is -0.550. The van der Waals surface area contributed by atoms with Crippen LogP contribution in [0.1, 0.15) is 32.4 Å². The van der Waals surface area contributed by atoms with E-state index in [-0.39, 0.29) is 6.61 Å². The number of alkyl carbamates (subject to hydrolysis) is 1. The van der Waals surface area contributed by atoms with Crippen LogP contribution >= 0.6 is 0 Å². The summed E-state index contributed by atoms with van der Waals surface area (Å²) in [7, 11) is 1.64. The first-order chi connectivity index (χ1) is 11.8. The molecule has 0 spiro atoms. The lowest BCUT2D eigenvalue weighted by Gasteiger charge is -2.23. The number of amides is 1. The van der Waals surface area contributed by atoms with Gasteiger partial charge in [-0.05, 0) is 49.6 Å². The van der Waals surface area contributed by atoms with Gasteiger partial charge in [0.15, 0.2) is 0 Å². The van der Waals surface area contributed by atoms with Crippen molar-refractivity contribution >= 4 is 6.09 Å². The molecular weight excluding hydrogens is 318 g/mol. The van der Waals surface area contributed by atoms with Crippen molar-refractivity contribution in [3.8, 4) is 16.9 Å². The molecule has 0 saturated heterocycles. The average molecular weight is 343 g/mol. The molecule has 134 valence electrons. The average Bonchev–Trinajstić information content (AvgIpc) is 2.58. The molecule has 0 fully saturated rings. The zero-order valence-corrected chi connectivity index (χ0v) is 15.1. The van der Waals surface area contributed by atoms with E-state index in [9.17, 15) is 9.90 Å². The maximum atomic E-state index is 11.9. The highest BCUT2D eigenvalue weighted by Gasteiger charge is 2.20. The van der Waals surface area contributed by atoms with Crippen LogP contribution in [0.25, 0.3) is 11.1 Å². The summed E-state index contributed by atoms with van der Waals surface area (Å²) in [6, 6.07) is 14.9. The molecule has 1 atom stereocenters. The van der Waals surface area contributed by atoms with Gasteiger partial charge in [-0.3, -0.25) is 0 Å². The number of carbonyl (C=O) groups excluding carboxylic acids is 1. The van der Waals surface area contributed by atoms with E-state index in [4.69, 9.17) is 9.47 Å². The molecule has 5 nitrogen and oxygen atoms in total. The Morgan fingerprint density at radius 3 is 2.00 bits per heavy atom. The Labute approximate surface area is 148 Å². The predicted molar refractivity (Wildman–Crippen MR) is 97.6 cm³/mol. The summed E-state index contributed by atoms with van der Waals surface area (Å²) >= 11 is 0. The molecule has 0 unspecified atom stereocenters. The van der Waals surface area contributed by atoms with Gasteiger partial charge in [0, 0.05) is 0 Å². The van der Waals surface area contributed by atoms with Gasteiger partial charge in [-0.1, -0.05) is 36.4 Å². The number of benzene rings is 2. The van der Waals surface area contributed by atoms with Crippen LogP contribution in [0.4, 0.5) is 4.79 Å². The molecule has 0 aliphatic carbocycles. The zero-order valence-electron chi connectivity index (χ0n) is 15.1. The van der Waals surface area contributed by atoms with Gasteiger partial charge in [-0.2, -0.15) is 0 Å². The highest BCUT2D eigenvalue weighted by molar-refractivity contribution is 5.69. The van der Waals surface area contributed by atoms with Crippen LogP contribution in [0, 0.1) is 0 Å². The Bertz CT molecular complexity index is 687. The lowest BCUT2D eigenvalue weighted by molar-refractivity contribution is 0.0482. The maximum Gasteiger partial charge on any atom is 0.408 e. The van der Waals surface area contributed by atoms with Crippen molar-refractivity contribution in [2.45, 2.75) is 32.4 Å². The van der Waals surface area contributed by atoms with Crippen molar-refractivity contribution in [2.75, 3.05) is 13.7 Å². The highest BCUT2D eigenvalue weighted by atomic mass is 16.6. The van der Waals surface area contributed by atoms with E-state index in [1.807, 2.05) is 48.5 Å². The normalized spacial score (nSPS) is 12.4. The Hall–Kier alpha value is -2.53. The molecule has 0 bridgehead atoms. The van der Waals surface area contributed by atoms with Gasteiger partial charge in [0.25, 0.3) is 0 Å². The number of hydrogen-bond acceptors (Lipinski definition) is 4. The van der Waals surface area contributed by atoms with E-state index in [0.717, 1.165) is 22.4 Å². The molecule has 5 heteroatoms. The van der Waals surface area contributed by atoms with Crippen molar-refractivity contribution in [2.24, 2.45) is 0 Å². The molecule has 25 heavy (non-hydrogen) atoms. The number of methoxy groups -OCH3 is 1. The van der Waals surface area contributed by atoms with Gasteiger partial charge in [0.05, 0.1) is 19.8 Å². The van der Waals surface area contributed by atoms with E-state index in [0.29, 0.717) is 0 Å². The Morgan fingerprint density at radius 2 is 1.56 bits per heavy atom. The molecule has 0 saturated carbocycles. The number of ether oxygens (including phenoxy) is 2. The van der Waals surface area contributed by atoms with Crippen LogP contribution in [0.5, 0.6) is 5.75 Å². The smallest absolute Gasteiger partial charge is 0.408 e. The minimum Gasteiger partial charge on any atom is -0.497 e. The third-order valence-electron chi connectivity index (χ3n) is 3.61. The van der Waals surface area contributed by atoms with Gasteiger partial charge in [-0.25, -0.2) is 4.79 Å². The Balaban J connectivity index is 2.09. The summed E-state index contributed by atoms with van der Waals surface area (Å²) < 4.78 is 10.4. The Morgan fingerprint density at radius 1 is 1.04 bits per heavy atom. The molecule has 0 aromatic heterocycles. The van der Waals surface area contributed by atoms with E-state index < -0.39 is 17.7 Å². The molecule has 2 rings (SSSR count). The first kappa shape index (κ1) is 18.8. The van der Waals surface area contributed by atoms with Crippen molar-refractivity contribution < 1.29 is 19.4 Å². The number of hydrogen-bond donors (Lipinski definition) is 2. The molecular formula is C20H25NO4. The molecule has 0 aliphatic rings. The fraction of sp³-hybridized carbons (Fsp3) is 0.350. The van der Waals surface area contributed by atoms with Gasteiger partial charge in [0.1, 0.15) is 11.4 Å². The fourth-order valence-corrected chi connectivity index (χ4v) is 2.38. The van der Waals surface area contributed by atoms with Crippen LogP contribution in [0.3, 0.4) is 0 Å². The van der Waals surface area contributed by atoms with E-state index in [1.54, 1.807) is 27.9 Å². The summed E-state index contributed by atoms with van der Waals surface area (Å²) in [4.78, 5) is 11.9. The van der Waals surface area contributed by atoms with Crippen molar-refractivity contribution in [3.63, 3.8) is 0 Å². The Kier molecular flexibility index (Phi) is 6.04. The SMILES string of the molecule is COc1ccc(-c2ccc([C@H](CO)NC(=O)OC(C)(C)C)cc2)cc1. The monoisotopic (exact) mass is 343 g/mol. The number of nitrogens with one attached hydrogen (secondary N) is 1. The topological polar surface area (TPSA) is 67.8 Å². The van der Waals surface area contributed by atoms with E-state index in [2.05, 4.69) is 5.32 Å². The van der Waals surface area contributed by atoms with Crippen LogP contribution in [-0.4, -0.2) is 30.5 Å². The highest BCUT2D eigenvalue weighted by Crippen LogP contribution is 2.24. The zero-order chi connectivity index (χ0) is 18.4. The summed E-state index contributed by atoms with van der Waals surface area (Å²) in [5.41, 5.74) is 2.33. The number of aliphatic hydroxyl groups is 1. The van der Waals surface area contributed by atoms with Gasteiger partial charge in [0.2, 0.25) is 0 Å². The summed E-state index contributed by atoms with van der Waals surface area (Å²) in [6.45, 7) is 5.18. The van der Waals surface area contributed by atoms with Crippen molar-refractivity contribution in [3.05, 3.63) is 54.1 Å². The molecule has 0 aliphatic heterocycles.